The number of halogens is 4. The van der Waals surface area contributed by atoms with Gasteiger partial charge in [-0.05, 0) is 49.2 Å². The summed E-state index contributed by atoms with van der Waals surface area (Å²) < 4.78 is 0. The molecule has 8 heteroatoms. The van der Waals surface area contributed by atoms with E-state index in [1.165, 1.54) is 0 Å². The van der Waals surface area contributed by atoms with E-state index in [2.05, 4.69) is 15.0 Å². The van der Waals surface area contributed by atoms with Crippen molar-refractivity contribution in [3.63, 3.8) is 0 Å². The first-order valence-corrected chi connectivity index (χ1v) is 8.14. The molecule has 0 radical (unpaired) electrons. The van der Waals surface area contributed by atoms with Gasteiger partial charge in [-0.15, -0.1) is 24.8 Å². The van der Waals surface area contributed by atoms with Gasteiger partial charge in [-0.3, -0.25) is 4.99 Å². The van der Waals surface area contributed by atoms with Gasteiger partial charge in [0.1, 0.15) is 11.7 Å². The number of hydrogen-bond acceptors (Lipinski definition) is 2. The minimum absolute atomic E-state index is 0. The van der Waals surface area contributed by atoms with Crippen LogP contribution >= 0.6 is 48.0 Å². The molecule has 4 rings (SSSR count). The van der Waals surface area contributed by atoms with Crippen molar-refractivity contribution in [3.05, 3.63) is 52.0 Å². The molecule has 132 valence electrons. The van der Waals surface area contributed by atoms with E-state index in [-0.39, 0.29) is 24.8 Å². The van der Waals surface area contributed by atoms with Crippen molar-refractivity contribution in [2.24, 2.45) is 10.7 Å². The molecule has 0 unspecified atom stereocenters. The largest absolute Gasteiger partial charge is 0.383 e. The summed E-state index contributed by atoms with van der Waals surface area (Å²) in [5.41, 5.74) is 9.65. The maximum absolute atomic E-state index is 6.08. The lowest BCUT2D eigenvalue weighted by Crippen LogP contribution is -2.14. The maximum atomic E-state index is 6.08. The Morgan fingerprint density at radius 2 is 1.84 bits per heavy atom. The zero-order chi connectivity index (χ0) is 16.0. The van der Waals surface area contributed by atoms with Gasteiger partial charge in [0.2, 0.25) is 0 Å². The Morgan fingerprint density at radius 3 is 2.52 bits per heavy atom. The van der Waals surface area contributed by atoms with E-state index in [9.17, 15) is 0 Å². The molecule has 0 amide bonds. The fraction of sp³-hybridized carbons (Fsp3) is 0.176. The fourth-order valence-electron chi connectivity index (χ4n) is 2.42. The lowest BCUT2D eigenvalue weighted by atomic mass is 10.2. The van der Waals surface area contributed by atoms with Gasteiger partial charge in [0.15, 0.2) is 0 Å². The number of nitrogens with zero attached hydrogens (tertiary/aromatic N) is 2. The molecule has 1 aliphatic carbocycles. The molecule has 1 heterocycles. The quantitative estimate of drug-likeness (QED) is 0.451. The van der Waals surface area contributed by atoms with Crippen LogP contribution in [0.3, 0.4) is 0 Å². The monoisotopic (exact) mass is 416 g/mol. The van der Waals surface area contributed by atoms with Crippen molar-refractivity contribution < 1.29 is 0 Å². The van der Waals surface area contributed by atoms with E-state index in [1.54, 1.807) is 12.1 Å². The van der Waals surface area contributed by atoms with Crippen LogP contribution in [0.1, 0.15) is 18.4 Å². The van der Waals surface area contributed by atoms with Gasteiger partial charge in [-0.25, -0.2) is 4.98 Å². The molecule has 1 fully saturated rings. The number of nitrogens with one attached hydrogen (secondary N) is 1. The van der Waals surface area contributed by atoms with Gasteiger partial charge >= 0.3 is 0 Å². The molecule has 1 aliphatic rings. The lowest BCUT2D eigenvalue weighted by molar-refractivity contribution is 1.06. The molecular formula is C17H16Cl4N4. The number of nitrogens with two attached hydrogens (primary N) is 1. The van der Waals surface area contributed by atoms with Crippen LogP contribution in [0.4, 0.5) is 0 Å². The first-order valence-electron chi connectivity index (χ1n) is 7.39. The minimum Gasteiger partial charge on any atom is -0.383 e. The van der Waals surface area contributed by atoms with E-state index in [4.69, 9.17) is 28.9 Å². The highest BCUT2D eigenvalue weighted by Gasteiger charge is 2.20. The third kappa shape index (κ3) is 4.21. The van der Waals surface area contributed by atoms with E-state index in [0.29, 0.717) is 21.9 Å². The van der Waals surface area contributed by atoms with Crippen molar-refractivity contribution in [1.29, 1.82) is 0 Å². The van der Waals surface area contributed by atoms with Crippen molar-refractivity contribution in [2.75, 3.05) is 0 Å². The van der Waals surface area contributed by atoms with Crippen LogP contribution in [0.25, 0.3) is 22.4 Å². The van der Waals surface area contributed by atoms with Crippen LogP contribution in [0.5, 0.6) is 0 Å². The predicted molar refractivity (Wildman–Crippen MR) is 110 cm³/mol. The molecule has 4 nitrogen and oxygen atoms in total. The van der Waals surface area contributed by atoms with Crippen LogP contribution in [-0.2, 0) is 0 Å². The minimum atomic E-state index is 0. The SMILES string of the molecule is Cl.Cl.NC(=NC1CC1)c1ccc2nc(-c3ccc(Cl)c(Cl)c3)[nH]c2c1. The molecule has 1 aromatic heterocycles. The van der Waals surface area contributed by atoms with E-state index in [0.717, 1.165) is 40.8 Å². The van der Waals surface area contributed by atoms with Gasteiger partial charge in [-0.2, -0.15) is 0 Å². The highest BCUT2D eigenvalue weighted by atomic mass is 35.5. The number of hydrogen-bond donors (Lipinski definition) is 2. The average Bonchev–Trinajstić information content (AvgIpc) is 3.24. The Balaban J connectivity index is 0.00000113. The highest BCUT2D eigenvalue weighted by molar-refractivity contribution is 6.42. The Morgan fingerprint density at radius 1 is 1.08 bits per heavy atom. The van der Waals surface area contributed by atoms with Crippen LogP contribution in [0.15, 0.2) is 41.4 Å². The predicted octanol–water partition coefficient (Wildman–Crippen LogP) is 5.25. The lowest BCUT2D eigenvalue weighted by Gasteiger charge is -2.00. The van der Waals surface area contributed by atoms with E-state index >= 15 is 0 Å². The first kappa shape index (κ1) is 19.9. The topological polar surface area (TPSA) is 67.1 Å². The molecule has 0 saturated heterocycles. The van der Waals surface area contributed by atoms with Crippen LogP contribution in [0, 0.1) is 0 Å². The number of benzene rings is 2. The van der Waals surface area contributed by atoms with Crippen molar-refractivity contribution in [1.82, 2.24) is 9.97 Å². The van der Waals surface area contributed by atoms with Gasteiger partial charge in [0.05, 0.1) is 27.1 Å². The Labute approximate surface area is 167 Å². The Hall–Kier alpha value is -1.46. The molecule has 2 aromatic carbocycles. The summed E-state index contributed by atoms with van der Waals surface area (Å²) in [4.78, 5) is 12.4. The van der Waals surface area contributed by atoms with Gasteiger partial charge in [0, 0.05) is 11.1 Å². The van der Waals surface area contributed by atoms with Crippen LogP contribution in [0.2, 0.25) is 10.0 Å². The summed E-state index contributed by atoms with van der Waals surface area (Å²) in [5.74, 6) is 1.33. The molecule has 0 spiro atoms. The summed E-state index contributed by atoms with van der Waals surface area (Å²) in [6.07, 6.45) is 2.27. The summed E-state index contributed by atoms with van der Waals surface area (Å²) in [7, 11) is 0. The van der Waals surface area contributed by atoms with Gasteiger partial charge < -0.3 is 10.7 Å². The smallest absolute Gasteiger partial charge is 0.138 e. The van der Waals surface area contributed by atoms with Crippen molar-refractivity contribution in [2.45, 2.75) is 18.9 Å². The third-order valence-corrected chi connectivity index (χ3v) is 4.58. The van der Waals surface area contributed by atoms with Crippen LogP contribution < -0.4 is 5.73 Å². The molecule has 1 saturated carbocycles. The number of fused-ring (bicyclic) bond motifs is 1. The second-order valence-electron chi connectivity index (χ2n) is 5.69. The molecule has 3 aromatic rings. The second kappa shape index (κ2) is 7.83. The summed E-state index contributed by atoms with van der Waals surface area (Å²) >= 11 is 12.0. The molecular weight excluding hydrogens is 402 g/mol. The fourth-order valence-corrected chi connectivity index (χ4v) is 2.72. The van der Waals surface area contributed by atoms with Crippen molar-refractivity contribution >= 4 is 64.9 Å². The number of aromatic nitrogens is 2. The van der Waals surface area contributed by atoms with Crippen molar-refractivity contribution in [3.8, 4) is 11.4 Å². The molecule has 0 bridgehead atoms. The second-order valence-corrected chi connectivity index (χ2v) is 6.51. The zero-order valence-corrected chi connectivity index (χ0v) is 16.1. The number of amidine groups is 1. The molecule has 0 aliphatic heterocycles. The number of H-pyrrole nitrogens is 1. The van der Waals surface area contributed by atoms with Gasteiger partial charge in [-0.1, -0.05) is 23.2 Å². The summed E-state index contributed by atoms with van der Waals surface area (Å²) in [5, 5.41) is 1.03. The zero-order valence-electron chi connectivity index (χ0n) is 13.0. The standard InChI is InChI=1S/C17H14Cl2N4.2ClH/c18-12-5-1-10(7-13(12)19)17-22-14-6-2-9(8-15(14)23-17)16(20)21-11-3-4-11;;/h1-2,5-8,11H,3-4H2,(H2,20,21)(H,22,23);2*1H. The Bertz CT molecular complexity index is 932. The normalized spacial score (nSPS) is 14.1. The third-order valence-electron chi connectivity index (χ3n) is 3.84. The molecule has 25 heavy (non-hydrogen) atoms. The maximum Gasteiger partial charge on any atom is 0.138 e. The number of rotatable bonds is 3. The summed E-state index contributed by atoms with van der Waals surface area (Å²) in [6.45, 7) is 0. The number of aliphatic imine (C=N–C) groups is 1. The summed E-state index contributed by atoms with van der Waals surface area (Å²) in [6, 6.07) is 11.7. The Kier molecular flexibility index (Phi) is 6.22. The molecule has 0 atom stereocenters. The highest BCUT2D eigenvalue weighted by Crippen LogP contribution is 2.29. The number of aromatic amines is 1. The number of imidazole rings is 1. The van der Waals surface area contributed by atoms with E-state index < -0.39 is 0 Å². The van der Waals surface area contributed by atoms with E-state index in [1.807, 2.05) is 24.3 Å². The average molecular weight is 418 g/mol. The van der Waals surface area contributed by atoms with Crippen LogP contribution in [-0.4, -0.2) is 21.8 Å². The van der Waals surface area contributed by atoms with Gasteiger partial charge in [0.25, 0.3) is 0 Å². The molecule has 3 N–H and O–H groups in total. The first-order chi connectivity index (χ1) is 11.1.